The number of amides is 4. The second-order valence-corrected chi connectivity index (χ2v) is 12.2. The van der Waals surface area contributed by atoms with E-state index in [-0.39, 0.29) is 57.0 Å². The number of nitro benzene ring substituents is 1. The maximum atomic E-state index is 13.4. The first kappa shape index (κ1) is 39.4. The summed E-state index contributed by atoms with van der Waals surface area (Å²) in [6.07, 6.45) is 0. The van der Waals surface area contributed by atoms with Crippen LogP contribution in [0.15, 0.2) is 34.8 Å². The number of halogens is 1. The molecule has 2 aromatic rings. The van der Waals surface area contributed by atoms with Crippen LogP contribution in [-0.2, 0) is 50.5 Å². The quantitative estimate of drug-likeness (QED) is 0.0253. The number of nitro groups is 1. The summed E-state index contributed by atoms with van der Waals surface area (Å²) in [5, 5.41) is 22.7. The number of anilines is 1. The summed E-state index contributed by atoms with van der Waals surface area (Å²) < 4.78 is 40.0. The van der Waals surface area contributed by atoms with E-state index in [9.17, 15) is 47.1 Å². The van der Waals surface area contributed by atoms with Crippen molar-refractivity contribution in [3.05, 3.63) is 51.0 Å². The number of thiazole rings is 1. The second kappa shape index (κ2) is 16.4. The Morgan fingerprint density at radius 1 is 1.21 bits per heavy atom. The maximum Gasteiger partial charge on any atom is 1.00 e. The van der Waals surface area contributed by atoms with Crippen LogP contribution in [0.3, 0.4) is 0 Å². The molecule has 47 heavy (non-hydrogen) atoms. The smallest absolute Gasteiger partial charge is 0.731 e. The van der Waals surface area contributed by atoms with Crippen LogP contribution in [0.2, 0.25) is 0 Å². The number of hydrogen-bond donors (Lipinski definition) is 3. The van der Waals surface area contributed by atoms with Crippen molar-refractivity contribution in [1.82, 2.24) is 19.9 Å². The minimum Gasteiger partial charge on any atom is -0.731 e. The van der Waals surface area contributed by atoms with Crippen molar-refractivity contribution in [2.75, 3.05) is 17.7 Å². The number of β-lactam (4-membered cyclic amide) rings is 1. The number of nitrogens with one attached hydrogen (secondary N) is 3. The molecular formula is C24H25ClN7NaO12S2. The SMILES string of the molecule is CC(=O)NC[C@@H]1[C@H](NC(=O)C(=NOC(C)(C)C(=O)OCc2ccc([N+](=O)[O-])cc2)c2csc(NC(=O)CCl)n2)C(=O)N1S(=O)(=O)[O-].[Na+]. The number of non-ortho nitro benzene ring substituents is 1. The normalized spacial score (nSPS) is 16.2. The molecule has 4 amide bonds. The van der Waals surface area contributed by atoms with Gasteiger partial charge in [0.15, 0.2) is 21.1 Å². The average Bonchev–Trinajstić information content (AvgIpc) is 3.43. The fourth-order valence-electron chi connectivity index (χ4n) is 3.64. The molecule has 3 rings (SSSR count). The standard InChI is InChI=1S/C24H26ClN7O12S2.Na/c1-12(33)26-9-16-19(21(36)31(16)46(40,41)42)29-20(35)18(15-11-45-23(27-15)28-17(34)8-25)30-44-24(2,3)22(37)43-10-13-4-6-14(7-5-13)32(38)39;/h4-7,11,16,19H,8-10H2,1-3H3,(H,26,33)(H,29,35)(H,27,28,34)(H,40,41,42);/q;+1/p-1/t16-,19+;/m1./s1. The monoisotopic (exact) mass is 725 g/mol. The third-order valence-electron chi connectivity index (χ3n) is 5.96. The Bertz CT molecular complexity index is 1680. The summed E-state index contributed by atoms with van der Waals surface area (Å²) >= 11 is 6.34. The zero-order chi connectivity index (χ0) is 34.4. The Morgan fingerprint density at radius 3 is 2.40 bits per heavy atom. The molecule has 3 N–H and O–H groups in total. The van der Waals surface area contributed by atoms with Gasteiger partial charge in [-0.15, -0.1) is 22.9 Å². The van der Waals surface area contributed by atoms with Crippen molar-refractivity contribution >= 4 is 79.4 Å². The van der Waals surface area contributed by atoms with E-state index in [4.69, 9.17) is 21.2 Å². The largest absolute Gasteiger partial charge is 1.00 e. The second-order valence-electron chi connectivity index (χ2n) is 9.81. The Balaban J connectivity index is 0.00000768. The summed E-state index contributed by atoms with van der Waals surface area (Å²) in [5.74, 6) is -5.08. The van der Waals surface area contributed by atoms with Gasteiger partial charge >= 0.3 is 35.5 Å². The zero-order valence-corrected chi connectivity index (χ0v) is 29.4. The number of carbonyl (C=O) groups is 5. The fourth-order valence-corrected chi connectivity index (χ4v) is 5.28. The van der Waals surface area contributed by atoms with Gasteiger partial charge in [-0.3, -0.25) is 29.3 Å². The van der Waals surface area contributed by atoms with Gasteiger partial charge in [0, 0.05) is 31.0 Å². The molecule has 2 heterocycles. The molecule has 0 bridgehead atoms. The van der Waals surface area contributed by atoms with Crippen molar-refractivity contribution in [2.45, 2.75) is 45.1 Å². The number of hydrogen-bond acceptors (Lipinski definition) is 15. The van der Waals surface area contributed by atoms with E-state index in [2.05, 4.69) is 26.1 Å². The molecule has 0 unspecified atom stereocenters. The molecule has 1 aliphatic rings. The van der Waals surface area contributed by atoms with Gasteiger partial charge < -0.3 is 30.1 Å². The maximum absolute atomic E-state index is 13.4. The molecule has 2 atom stereocenters. The number of oxime groups is 1. The van der Waals surface area contributed by atoms with Gasteiger partial charge in [0.05, 0.1) is 11.0 Å². The van der Waals surface area contributed by atoms with Crippen LogP contribution in [0.1, 0.15) is 32.0 Å². The van der Waals surface area contributed by atoms with Gasteiger partial charge in [0.2, 0.25) is 17.4 Å². The number of nitrogens with zero attached hydrogens (tertiary/aromatic N) is 4. The van der Waals surface area contributed by atoms with Crippen LogP contribution in [0.25, 0.3) is 0 Å². The molecular weight excluding hydrogens is 701 g/mol. The van der Waals surface area contributed by atoms with Crippen molar-refractivity contribution in [1.29, 1.82) is 0 Å². The molecule has 1 aromatic carbocycles. The van der Waals surface area contributed by atoms with E-state index < -0.39 is 80.6 Å². The van der Waals surface area contributed by atoms with E-state index >= 15 is 0 Å². The van der Waals surface area contributed by atoms with Crippen molar-refractivity contribution in [3.8, 4) is 0 Å². The van der Waals surface area contributed by atoms with Crippen LogP contribution >= 0.6 is 22.9 Å². The summed E-state index contributed by atoms with van der Waals surface area (Å²) in [6.45, 7) is 2.79. The first-order valence-electron chi connectivity index (χ1n) is 12.8. The molecule has 23 heteroatoms. The summed E-state index contributed by atoms with van der Waals surface area (Å²) in [5.41, 5.74) is -2.47. The van der Waals surface area contributed by atoms with Crippen LogP contribution in [-0.4, -0.2) is 92.6 Å². The van der Waals surface area contributed by atoms with Crippen LogP contribution < -0.4 is 45.5 Å². The average molecular weight is 726 g/mol. The third-order valence-corrected chi connectivity index (χ3v) is 7.89. The Morgan fingerprint density at radius 2 is 1.85 bits per heavy atom. The number of ether oxygens (including phenoxy) is 1. The van der Waals surface area contributed by atoms with Crippen LogP contribution in [0.4, 0.5) is 10.8 Å². The van der Waals surface area contributed by atoms with Gasteiger partial charge in [-0.1, -0.05) is 5.16 Å². The Labute approximate surface area is 297 Å². The minimum atomic E-state index is -5.30. The number of carbonyl (C=O) groups excluding carboxylic acids is 5. The number of rotatable bonds is 14. The van der Waals surface area contributed by atoms with E-state index in [1.165, 1.54) is 43.5 Å². The molecule has 0 saturated carbocycles. The molecule has 1 fully saturated rings. The van der Waals surface area contributed by atoms with Crippen LogP contribution in [0.5, 0.6) is 0 Å². The number of aromatic nitrogens is 1. The first-order valence-corrected chi connectivity index (χ1v) is 15.6. The summed E-state index contributed by atoms with van der Waals surface area (Å²) in [7, 11) is -5.30. The third kappa shape index (κ3) is 10.4. The zero-order valence-electron chi connectivity index (χ0n) is 25.0. The number of alkyl halides is 1. The van der Waals surface area contributed by atoms with Crippen molar-refractivity contribution < 1.29 is 81.0 Å². The number of esters is 1. The topological polar surface area (TPSA) is 269 Å². The van der Waals surface area contributed by atoms with Gasteiger partial charge in [-0.2, -0.15) is 0 Å². The Kier molecular flexibility index (Phi) is 13.8. The van der Waals surface area contributed by atoms with Crippen molar-refractivity contribution in [2.24, 2.45) is 5.16 Å². The molecule has 248 valence electrons. The van der Waals surface area contributed by atoms with E-state index in [1.54, 1.807) is 0 Å². The molecule has 0 spiro atoms. The summed E-state index contributed by atoms with van der Waals surface area (Å²) in [4.78, 5) is 81.4. The molecule has 1 aliphatic heterocycles. The van der Waals surface area contributed by atoms with Gasteiger partial charge in [-0.05, 0) is 31.5 Å². The predicted molar refractivity (Wildman–Crippen MR) is 157 cm³/mol. The van der Waals surface area contributed by atoms with Gasteiger partial charge in [0.25, 0.3) is 17.5 Å². The van der Waals surface area contributed by atoms with Crippen molar-refractivity contribution in [3.63, 3.8) is 0 Å². The minimum absolute atomic E-state index is 0. The summed E-state index contributed by atoms with van der Waals surface area (Å²) in [6, 6.07) is 2.10. The van der Waals surface area contributed by atoms with E-state index in [0.717, 1.165) is 18.3 Å². The molecule has 19 nitrogen and oxygen atoms in total. The van der Waals surface area contributed by atoms with E-state index in [0.29, 0.717) is 5.56 Å². The molecule has 1 saturated heterocycles. The van der Waals surface area contributed by atoms with Gasteiger partial charge in [0.1, 0.15) is 24.2 Å². The van der Waals surface area contributed by atoms with E-state index in [1.807, 2.05) is 0 Å². The van der Waals surface area contributed by atoms with Gasteiger partial charge in [-0.25, -0.2) is 22.5 Å². The predicted octanol–water partition coefficient (Wildman–Crippen LogP) is -3.23. The molecule has 1 aromatic heterocycles. The molecule has 0 radical (unpaired) electrons. The first-order chi connectivity index (χ1) is 21.4. The fraction of sp³-hybridized carbons (Fsp3) is 0.375. The molecule has 0 aliphatic carbocycles. The number of benzene rings is 1. The Hall–Kier alpha value is -3.73. The van der Waals surface area contributed by atoms with Crippen LogP contribution in [0, 0.1) is 10.1 Å².